The third-order valence-electron chi connectivity index (χ3n) is 0.518. The molecular weight excluding hydrogens is 110 g/mol. The molecule has 1 N–H and O–H groups in total. The minimum atomic E-state index is -0.00849. The highest BCUT2D eigenvalue weighted by Gasteiger charge is 1.89. The van der Waals surface area contributed by atoms with Crippen molar-refractivity contribution in [2.24, 2.45) is 0 Å². The molecule has 0 aromatic carbocycles. The fourth-order valence-electron chi connectivity index (χ4n) is 0.253. The van der Waals surface area contributed by atoms with Crippen molar-refractivity contribution in [3.63, 3.8) is 0 Å². The Morgan fingerprint density at radius 1 is 1.86 bits per heavy atom. The van der Waals surface area contributed by atoms with Crippen LogP contribution in [0.5, 0.6) is 0 Å². The highest BCUT2D eigenvalue weighted by atomic mass is 32.1. The van der Waals surface area contributed by atoms with Gasteiger partial charge in [0.15, 0.2) is 0 Å². The third kappa shape index (κ3) is 3.66. The van der Waals surface area contributed by atoms with E-state index in [1.54, 1.807) is 0 Å². The van der Waals surface area contributed by atoms with Crippen molar-refractivity contribution in [2.45, 2.75) is 6.92 Å². The molecule has 0 radical (unpaired) electrons. The molecule has 2 nitrogen and oxygen atoms in total. The number of amides is 1. The molecule has 0 fully saturated rings. The fourth-order valence-corrected chi connectivity index (χ4v) is 0.365. The molecule has 0 aliphatic carbocycles. The van der Waals surface area contributed by atoms with Gasteiger partial charge in [0.25, 0.3) is 0 Å². The van der Waals surface area contributed by atoms with Crippen LogP contribution in [0.3, 0.4) is 0 Å². The molecule has 0 atom stereocenters. The van der Waals surface area contributed by atoms with Crippen LogP contribution in [-0.4, -0.2) is 18.2 Å². The quantitative estimate of drug-likeness (QED) is 0.494. The number of carbonyl (C=O) groups is 1. The Balaban J connectivity index is 3.00. The first-order valence-corrected chi connectivity index (χ1v) is 2.82. The zero-order chi connectivity index (χ0) is 5.70. The van der Waals surface area contributed by atoms with E-state index < -0.39 is 0 Å². The van der Waals surface area contributed by atoms with E-state index in [0.717, 1.165) is 0 Å². The van der Waals surface area contributed by atoms with Crippen molar-refractivity contribution in [3.8, 4) is 0 Å². The first kappa shape index (κ1) is 6.82. The summed E-state index contributed by atoms with van der Waals surface area (Å²) in [6.07, 6.45) is 0. The highest BCUT2D eigenvalue weighted by molar-refractivity contribution is 7.81. The number of hydrogen-bond acceptors (Lipinski definition) is 2. The monoisotopic (exact) mass is 119 g/mol. The number of carbonyl (C=O) groups excluding carboxylic acids is 1. The van der Waals surface area contributed by atoms with Crippen LogP contribution < -0.4 is 5.32 Å². The molecule has 42 valence electrons. The second kappa shape index (κ2) is 3.99. The average Bonchev–Trinajstić information content (AvgIpc) is 1.68. The maximum atomic E-state index is 10.2. The maximum absolute atomic E-state index is 10.2. The normalized spacial score (nSPS) is 8.29. The molecule has 0 heterocycles. The van der Waals surface area contributed by atoms with E-state index in [-0.39, 0.29) is 11.7 Å². The molecule has 7 heavy (non-hydrogen) atoms. The van der Waals surface area contributed by atoms with Gasteiger partial charge in [-0.15, -0.1) is 0 Å². The zero-order valence-electron chi connectivity index (χ0n) is 4.27. The van der Waals surface area contributed by atoms with E-state index in [0.29, 0.717) is 6.54 Å². The average molecular weight is 119 g/mol. The Hall–Kier alpha value is -0.180. The molecule has 3 heteroatoms. The second-order valence-corrected chi connectivity index (χ2v) is 1.43. The van der Waals surface area contributed by atoms with E-state index in [2.05, 4.69) is 17.9 Å². The van der Waals surface area contributed by atoms with Gasteiger partial charge in [-0.05, 0) is 6.92 Å². The zero-order valence-corrected chi connectivity index (χ0v) is 5.16. The van der Waals surface area contributed by atoms with Gasteiger partial charge in [-0.3, -0.25) is 4.79 Å². The van der Waals surface area contributed by atoms with Crippen LogP contribution in [0.15, 0.2) is 0 Å². The van der Waals surface area contributed by atoms with Crippen molar-refractivity contribution in [1.29, 1.82) is 0 Å². The van der Waals surface area contributed by atoms with Gasteiger partial charge in [0.2, 0.25) is 5.91 Å². The van der Waals surface area contributed by atoms with E-state index in [1.165, 1.54) is 0 Å². The molecule has 0 unspecified atom stereocenters. The lowest BCUT2D eigenvalue weighted by Crippen LogP contribution is -2.23. The molecule has 0 rings (SSSR count). The van der Waals surface area contributed by atoms with Crippen LogP contribution in [-0.2, 0) is 4.79 Å². The van der Waals surface area contributed by atoms with Gasteiger partial charge in [-0.2, -0.15) is 12.6 Å². The Kier molecular flexibility index (Phi) is 3.89. The molecule has 1 amide bonds. The molecule has 0 bridgehead atoms. The minimum Gasteiger partial charge on any atom is -0.356 e. The third-order valence-corrected chi connectivity index (χ3v) is 0.805. The van der Waals surface area contributed by atoms with Crippen LogP contribution in [0.1, 0.15) is 6.92 Å². The molecule has 0 aliphatic rings. The standard InChI is InChI=1S/C4H9NOS/c1-2-5-4(6)3-7/h7H,2-3H2,1H3,(H,5,6). The lowest BCUT2D eigenvalue weighted by molar-refractivity contribution is -0.118. The molecular formula is C4H9NOS. The molecule has 0 aliphatic heterocycles. The van der Waals surface area contributed by atoms with Gasteiger partial charge in [0, 0.05) is 6.54 Å². The Morgan fingerprint density at radius 3 is 2.57 bits per heavy atom. The molecule has 0 aromatic rings. The van der Waals surface area contributed by atoms with Crippen LogP contribution in [0, 0.1) is 0 Å². The predicted octanol–water partition coefficient (Wildman–Crippen LogP) is 0.0523. The number of hydrogen-bond donors (Lipinski definition) is 2. The highest BCUT2D eigenvalue weighted by Crippen LogP contribution is 1.69. The van der Waals surface area contributed by atoms with Crippen molar-refractivity contribution in [3.05, 3.63) is 0 Å². The van der Waals surface area contributed by atoms with Crippen LogP contribution in [0.2, 0.25) is 0 Å². The first-order valence-electron chi connectivity index (χ1n) is 2.18. The van der Waals surface area contributed by atoms with Gasteiger partial charge >= 0.3 is 0 Å². The summed E-state index contributed by atoms with van der Waals surface area (Å²) < 4.78 is 0. The van der Waals surface area contributed by atoms with E-state index >= 15 is 0 Å². The van der Waals surface area contributed by atoms with E-state index in [4.69, 9.17) is 0 Å². The summed E-state index contributed by atoms with van der Waals surface area (Å²) in [5.74, 6) is 0.277. The molecule has 0 spiro atoms. The van der Waals surface area contributed by atoms with Gasteiger partial charge in [0.1, 0.15) is 0 Å². The lowest BCUT2D eigenvalue weighted by atomic mass is 10.6. The number of rotatable bonds is 2. The van der Waals surface area contributed by atoms with Crippen LogP contribution >= 0.6 is 12.6 Å². The first-order chi connectivity index (χ1) is 3.31. The van der Waals surface area contributed by atoms with Gasteiger partial charge in [0.05, 0.1) is 5.75 Å². The molecule has 0 aromatic heterocycles. The summed E-state index contributed by atoms with van der Waals surface area (Å²) in [6.45, 7) is 2.57. The Labute approximate surface area is 48.7 Å². The number of thiol groups is 1. The fraction of sp³-hybridized carbons (Fsp3) is 0.750. The summed E-state index contributed by atoms with van der Waals surface area (Å²) >= 11 is 3.74. The minimum absolute atomic E-state index is 0.00849. The SMILES string of the molecule is CCNC(=O)CS. The Morgan fingerprint density at radius 2 is 2.43 bits per heavy atom. The van der Waals surface area contributed by atoms with Gasteiger partial charge < -0.3 is 5.32 Å². The second-order valence-electron chi connectivity index (χ2n) is 1.11. The van der Waals surface area contributed by atoms with Gasteiger partial charge in [-0.25, -0.2) is 0 Å². The summed E-state index contributed by atoms with van der Waals surface area (Å²) in [4.78, 5) is 10.2. The Bertz CT molecular complexity index is 64.7. The van der Waals surface area contributed by atoms with Crippen LogP contribution in [0.4, 0.5) is 0 Å². The summed E-state index contributed by atoms with van der Waals surface area (Å²) in [7, 11) is 0. The van der Waals surface area contributed by atoms with Gasteiger partial charge in [-0.1, -0.05) is 0 Å². The van der Waals surface area contributed by atoms with Crippen LogP contribution in [0.25, 0.3) is 0 Å². The summed E-state index contributed by atoms with van der Waals surface area (Å²) in [5, 5.41) is 2.58. The maximum Gasteiger partial charge on any atom is 0.229 e. The predicted molar refractivity (Wildman–Crippen MR) is 32.5 cm³/mol. The summed E-state index contributed by atoms with van der Waals surface area (Å²) in [6, 6.07) is 0. The summed E-state index contributed by atoms with van der Waals surface area (Å²) in [5.41, 5.74) is 0. The molecule has 0 saturated carbocycles. The smallest absolute Gasteiger partial charge is 0.229 e. The van der Waals surface area contributed by atoms with E-state index in [1.807, 2.05) is 6.92 Å². The molecule has 0 saturated heterocycles. The van der Waals surface area contributed by atoms with E-state index in [9.17, 15) is 4.79 Å². The topological polar surface area (TPSA) is 29.1 Å². The van der Waals surface area contributed by atoms with Crippen molar-refractivity contribution in [1.82, 2.24) is 5.32 Å². The van der Waals surface area contributed by atoms with Crippen molar-refractivity contribution in [2.75, 3.05) is 12.3 Å². The number of nitrogens with one attached hydrogen (secondary N) is 1. The van der Waals surface area contributed by atoms with Crippen molar-refractivity contribution >= 4 is 18.5 Å². The lowest BCUT2D eigenvalue weighted by Gasteiger charge is -1.93. The van der Waals surface area contributed by atoms with Crippen molar-refractivity contribution < 1.29 is 4.79 Å². The largest absolute Gasteiger partial charge is 0.356 e.